The van der Waals surface area contributed by atoms with Crippen molar-refractivity contribution in [2.45, 2.75) is 6.92 Å². The number of hydrogen-bond acceptors (Lipinski definition) is 6. The molecular weight excluding hydrogens is 602 g/mol. The molecule has 0 bridgehead atoms. The van der Waals surface area contributed by atoms with E-state index in [4.69, 9.17) is 25.3 Å². The SMILES string of the molecule is C#CCOc1cc(Br)c(C=Nn2c(-c3cc4cc(Br)ccc4o3)nc3ccccc3c2=O)cc1OCC. The van der Waals surface area contributed by atoms with Crippen LogP contribution < -0.4 is 15.0 Å². The van der Waals surface area contributed by atoms with E-state index in [1.54, 1.807) is 36.5 Å². The van der Waals surface area contributed by atoms with Gasteiger partial charge in [-0.05, 0) is 71.4 Å². The summed E-state index contributed by atoms with van der Waals surface area (Å²) in [4.78, 5) is 18.2. The Hall–Kier alpha value is -3.87. The van der Waals surface area contributed by atoms with E-state index in [-0.39, 0.29) is 18.0 Å². The van der Waals surface area contributed by atoms with Gasteiger partial charge in [-0.25, -0.2) is 4.98 Å². The summed E-state index contributed by atoms with van der Waals surface area (Å²) in [7, 11) is 0. The Kier molecular flexibility index (Phi) is 7.12. The molecule has 0 radical (unpaired) electrons. The number of para-hydroxylation sites is 1. The molecule has 0 aliphatic rings. The molecule has 5 rings (SSSR count). The summed E-state index contributed by atoms with van der Waals surface area (Å²) >= 11 is 7.03. The smallest absolute Gasteiger partial charge is 0.282 e. The molecule has 0 N–H and O–H groups in total. The standard InChI is InChI=1S/C28H19Br2N3O4/c1-3-11-36-25-15-21(30)18(14-24(25)35-4-2)16-31-33-27(32-22-8-6-5-7-20(22)28(33)34)26-13-17-12-19(29)9-10-23(17)37-26/h1,5-10,12-16H,4,11H2,2H3. The number of hydrogen-bond donors (Lipinski definition) is 0. The van der Waals surface area contributed by atoms with Crippen LogP contribution in [-0.2, 0) is 0 Å². The van der Waals surface area contributed by atoms with Gasteiger partial charge in [-0.2, -0.15) is 9.78 Å². The van der Waals surface area contributed by atoms with Crippen LogP contribution in [0.1, 0.15) is 12.5 Å². The highest BCUT2D eigenvalue weighted by molar-refractivity contribution is 9.10. The van der Waals surface area contributed by atoms with Gasteiger partial charge in [0.1, 0.15) is 12.2 Å². The first-order valence-corrected chi connectivity index (χ1v) is 12.9. The highest BCUT2D eigenvalue weighted by Crippen LogP contribution is 2.34. The zero-order valence-corrected chi connectivity index (χ0v) is 22.7. The second-order valence-corrected chi connectivity index (χ2v) is 9.62. The van der Waals surface area contributed by atoms with E-state index in [1.807, 2.05) is 37.3 Å². The summed E-state index contributed by atoms with van der Waals surface area (Å²) in [6, 6.07) is 18.2. The molecule has 7 nitrogen and oxygen atoms in total. The molecule has 37 heavy (non-hydrogen) atoms. The molecule has 184 valence electrons. The number of benzene rings is 3. The fraction of sp³-hybridized carbons (Fsp3) is 0.107. The van der Waals surface area contributed by atoms with E-state index in [0.29, 0.717) is 50.4 Å². The van der Waals surface area contributed by atoms with E-state index in [9.17, 15) is 4.79 Å². The number of terminal acetylenes is 1. The van der Waals surface area contributed by atoms with E-state index in [1.165, 1.54) is 4.68 Å². The van der Waals surface area contributed by atoms with Crippen molar-refractivity contribution < 1.29 is 13.9 Å². The predicted molar refractivity (Wildman–Crippen MR) is 152 cm³/mol. The number of rotatable bonds is 7. The minimum Gasteiger partial charge on any atom is -0.490 e. The van der Waals surface area contributed by atoms with Crippen molar-refractivity contribution in [3.05, 3.63) is 85.5 Å². The monoisotopic (exact) mass is 619 g/mol. The molecule has 0 unspecified atom stereocenters. The predicted octanol–water partition coefficient (Wildman–Crippen LogP) is 6.63. The lowest BCUT2D eigenvalue weighted by Gasteiger charge is -2.12. The van der Waals surface area contributed by atoms with E-state index >= 15 is 0 Å². The first-order valence-electron chi connectivity index (χ1n) is 11.3. The molecule has 2 aromatic heterocycles. The van der Waals surface area contributed by atoms with Crippen LogP contribution in [-0.4, -0.2) is 29.1 Å². The van der Waals surface area contributed by atoms with Gasteiger partial charge in [0.25, 0.3) is 5.56 Å². The van der Waals surface area contributed by atoms with Gasteiger partial charge < -0.3 is 13.9 Å². The summed E-state index contributed by atoms with van der Waals surface area (Å²) in [5.41, 5.74) is 1.55. The van der Waals surface area contributed by atoms with Gasteiger partial charge in [0.05, 0.1) is 23.7 Å². The maximum atomic E-state index is 13.5. The van der Waals surface area contributed by atoms with Gasteiger partial charge in [-0.1, -0.05) is 34.0 Å². The Bertz CT molecular complexity index is 1770. The van der Waals surface area contributed by atoms with Crippen LogP contribution >= 0.6 is 31.9 Å². The maximum absolute atomic E-state index is 13.5. The third-order valence-electron chi connectivity index (χ3n) is 5.44. The van der Waals surface area contributed by atoms with Crippen LogP contribution in [0.3, 0.4) is 0 Å². The highest BCUT2D eigenvalue weighted by atomic mass is 79.9. The van der Waals surface area contributed by atoms with Crippen LogP contribution in [0.15, 0.2) is 83.9 Å². The molecule has 0 amide bonds. The molecule has 0 saturated carbocycles. The first-order chi connectivity index (χ1) is 18.0. The molecule has 0 spiro atoms. The van der Waals surface area contributed by atoms with Crippen molar-refractivity contribution in [1.82, 2.24) is 9.66 Å². The van der Waals surface area contributed by atoms with Gasteiger partial charge in [0.2, 0.25) is 5.82 Å². The Balaban J connectivity index is 1.66. The maximum Gasteiger partial charge on any atom is 0.282 e. The molecule has 2 heterocycles. The van der Waals surface area contributed by atoms with Crippen molar-refractivity contribution in [3.8, 4) is 35.4 Å². The quantitative estimate of drug-likeness (QED) is 0.151. The molecule has 0 atom stereocenters. The molecule has 0 fully saturated rings. The van der Waals surface area contributed by atoms with Gasteiger partial charge in [-0.3, -0.25) is 4.79 Å². The number of ether oxygens (including phenoxy) is 2. The van der Waals surface area contributed by atoms with Gasteiger partial charge >= 0.3 is 0 Å². The Labute approximate surface area is 229 Å². The molecule has 0 aliphatic heterocycles. The van der Waals surface area contributed by atoms with Crippen LogP contribution in [0.4, 0.5) is 0 Å². The summed E-state index contributed by atoms with van der Waals surface area (Å²) in [6.45, 7) is 2.42. The second kappa shape index (κ2) is 10.6. The fourth-order valence-electron chi connectivity index (χ4n) is 3.78. The molecular formula is C28H19Br2N3O4. The number of fused-ring (bicyclic) bond motifs is 2. The van der Waals surface area contributed by atoms with Crippen LogP contribution in [0.2, 0.25) is 0 Å². The van der Waals surface area contributed by atoms with E-state index in [2.05, 4.69) is 42.9 Å². The van der Waals surface area contributed by atoms with E-state index in [0.717, 1.165) is 9.86 Å². The summed E-state index contributed by atoms with van der Waals surface area (Å²) in [6.07, 6.45) is 6.88. The van der Waals surface area contributed by atoms with Crippen molar-refractivity contribution in [3.63, 3.8) is 0 Å². The average Bonchev–Trinajstić information content (AvgIpc) is 3.31. The molecule has 5 aromatic rings. The number of aromatic nitrogens is 2. The lowest BCUT2D eigenvalue weighted by molar-refractivity contribution is 0.299. The summed E-state index contributed by atoms with van der Waals surface area (Å²) < 4.78 is 20.2. The van der Waals surface area contributed by atoms with Gasteiger partial charge in [0.15, 0.2) is 17.3 Å². The molecule has 0 saturated heterocycles. The Morgan fingerprint density at radius 2 is 1.92 bits per heavy atom. The highest BCUT2D eigenvalue weighted by Gasteiger charge is 2.17. The largest absolute Gasteiger partial charge is 0.490 e. The minimum absolute atomic E-state index is 0.107. The van der Waals surface area contributed by atoms with Crippen molar-refractivity contribution in [2.24, 2.45) is 5.10 Å². The summed E-state index contributed by atoms with van der Waals surface area (Å²) in [5.74, 6) is 4.15. The second-order valence-electron chi connectivity index (χ2n) is 7.85. The van der Waals surface area contributed by atoms with Crippen molar-refractivity contribution >= 4 is 59.9 Å². The lowest BCUT2D eigenvalue weighted by Crippen LogP contribution is -2.20. The van der Waals surface area contributed by atoms with Gasteiger partial charge in [-0.15, -0.1) is 6.42 Å². The third kappa shape index (κ3) is 5.03. The average molecular weight is 621 g/mol. The van der Waals surface area contributed by atoms with Crippen LogP contribution in [0, 0.1) is 12.3 Å². The minimum atomic E-state index is -0.325. The first kappa shape index (κ1) is 24.8. The fourth-order valence-corrected chi connectivity index (χ4v) is 4.59. The number of furan rings is 1. The topological polar surface area (TPSA) is 78.9 Å². The Morgan fingerprint density at radius 3 is 2.73 bits per heavy atom. The number of halogens is 2. The zero-order chi connectivity index (χ0) is 25.9. The zero-order valence-electron chi connectivity index (χ0n) is 19.6. The van der Waals surface area contributed by atoms with Crippen LogP contribution in [0.25, 0.3) is 33.5 Å². The normalized spacial score (nSPS) is 11.3. The lowest BCUT2D eigenvalue weighted by atomic mass is 10.2. The van der Waals surface area contributed by atoms with Crippen molar-refractivity contribution in [1.29, 1.82) is 0 Å². The Morgan fingerprint density at radius 1 is 1.11 bits per heavy atom. The summed E-state index contributed by atoms with van der Waals surface area (Å²) in [5, 5.41) is 5.84. The van der Waals surface area contributed by atoms with Crippen LogP contribution in [0.5, 0.6) is 11.5 Å². The molecule has 3 aromatic carbocycles. The molecule has 9 heteroatoms. The number of nitrogens with zero attached hydrogens (tertiary/aromatic N) is 3. The molecule has 0 aliphatic carbocycles. The van der Waals surface area contributed by atoms with E-state index < -0.39 is 0 Å². The van der Waals surface area contributed by atoms with Crippen molar-refractivity contribution in [2.75, 3.05) is 13.2 Å². The van der Waals surface area contributed by atoms with Gasteiger partial charge in [0, 0.05) is 19.9 Å². The third-order valence-corrected chi connectivity index (χ3v) is 6.62.